The molecule has 1 rings (SSSR count). The lowest BCUT2D eigenvalue weighted by Gasteiger charge is -2.10. The zero-order valence-corrected chi connectivity index (χ0v) is 9.67. The minimum Gasteiger partial charge on any atom is -0.382 e. The fourth-order valence-electron chi connectivity index (χ4n) is 1.61. The van der Waals surface area contributed by atoms with E-state index in [1.165, 1.54) is 12.8 Å². The highest BCUT2D eigenvalue weighted by Crippen LogP contribution is 2.10. The summed E-state index contributed by atoms with van der Waals surface area (Å²) in [5, 5.41) is 3.38. The first-order chi connectivity index (χ1) is 7.43. The van der Waals surface area contributed by atoms with Crippen LogP contribution in [-0.4, -0.2) is 52.7 Å². The number of nitrogens with one attached hydrogen (secondary N) is 1. The molecule has 1 aliphatic rings. The van der Waals surface area contributed by atoms with Crippen LogP contribution < -0.4 is 5.32 Å². The van der Waals surface area contributed by atoms with Crippen LogP contribution in [0.1, 0.15) is 19.3 Å². The maximum absolute atomic E-state index is 5.50. The second-order valence-electron chi connectivity index (χ2n) is 3.80. The maximum atomic E-state index is 5.50. The second kappa shape index (κ2) is 9.09. The molecule has 1 heterocycles. The van der Waals surface area contributed by atoms with Crippen molar-refractivity contribution in [1.82, 2.24) is 5.32 Å². The molecule has 0 aromatic carbocycles. The Morgan fingerprint density at radius 1 is 1.33 bits per heavy atom. The monoisotopic (exact) mass is 217 g/mol. The van der Waals surface area contributed by atoms with Crippen LogP contribution in [0.25, 0.3) is 0 Å². The molecule has 1 N–H and O–H groups in total. The van der Waals surface area contributed by atoms with Gasteiger partial charge >= 0.3 is 0 Å². The Bertz CT molecular complexity index is 138. The number of methoxy groups -OCH3 is 1. The average molecular weight is 217 g/mol. The molecule has 15 heavy (non-hydrogen) atoms. The van der Waals surface area contributed by atoms with E-state index in [4.69, 9.17) is 14.2 Å². The summed E-state index contributed by atoms with van der Waals surface area (Å²) in [4.78, 5) is 0. The van der Waals surface area contributed by atoms with Crippen molar-refractivity contribution < 1.29 is 14.2 Å². The topological polar surface area (TPSA) is 39.7 Å². The molecule has 0 amide bonds. The minimum atomic E-state index is 0.444. The summed E-state index contributed by atoms with van der Waals surface area (Å²) in [5.74, 6) is 0. The average Bonchev–Trinajstić information content (AvgIpc) is 2.75. The van der Waals surface area contributed by atoms with Crippen molar-refractivity contribution >= 4 is 0 Å². The van der Waals surface area contributed by atoms with E-state index in [9.17, 15) is 0 Å². The van der Waals surface area contributed by atoms with E-state index in [0.717, 1.165) is 32.7 Å². The van der Waals surface area contributed by atoms with Crippen molar-refractivity contribution in [2.75, 3.05) is 46.6 Å². The van der Waals surface area contributed by atoms with Crippen molar-refractivity contribution in [3.8, 4) is 0 Å². The summed E-state index contributed by atoms with van der Waals surface area (Å²) in [6, 6.07) is 0. The molecule has 90 valence electrons. The lowest BCUT2D eigenvalue weighted by molar-refractivity contribution is 0.0685. The molecule has 0 saturated carbocycles. The molecular formula is C11H23NO3. The predicted molar refractivity (Wildman–Crippen MR) is 59.2 cm³/mol. The standard InChI is InChI=1S/C11H23NO3/c1-13-8-9-14-6-3-5-12-10-11-4-2-7-15-11/h11-12H,2-10H2,1H3. The zero-order chi connectivity index (χ0) is 10.8. The Kier molecular flexibility index (Phi) is 7.83. The van der Waals surface area contributed by atoms with Crippen molar-refractivity contribution in [3.63, 3.8) is 0 Å². The first kappa shape index (κ1) is 12.9. The molecule has 0 radical (unpaired) electrons. The zero-order valence-electron chi connectivity index (χ0n) is 9.67. The third-order valence-corrected chi connectivity index (χ3v) is 2.47. The molecule has 1 aliphatic heterocycles. The summed E-state index contributed by atoms with van der Waals surface area (Å²) in [6.07, 6.45) is 3.92. The van der Waals surface area contributed by atoms with Crippen molar-refractivity contribution in [2.45, 2.75) is 25.4 Å². The third-order valence-electron chi connectivity index (χ3n) is 2.47. The van der Waals surface area contributed by atoms with Gasteiger partial charge in [-0.1, -0.05) is 0 Å². The van der Waals surface area contributed by atoms with Crippen LogP contribution in [0.3, 0.4) is 0 Å². The van der Waals surface area contributed by atoms with Crippen molar-refractivity contribution in [3.05, 3.63) is 0 Å². The molecular weight excluding hydrogens is 194 g/mol. The summed E-state index contributed by atoms with van der Waals surface area (Å²) in [5.41, 5.74) is 0. The van der Waals surface area contributed by atoms with Crippen LogP contribution in [0.4, 0.5) is 0 Å². The van der Waals surface area contributed by atoms with Crippen LogP contribution in [0.15, 0.2) is 0 Å². The van der Waals surface area contributed by atoms with Gasteiger partial charge in [0.25, 0.3) is 0 Å². The number of rotatable bonds is 9. The maximum Gasteiger partial charge on any atom is 0.0700 e. The smallest absolute Gasteiger partial charge is 0.0700 e. The number of hydrogen-bond acceptors (Lipinski definition) is 4. The Morgan fingerprint density at radius 3 is 3.00 bits per heavy atom. The van der Waals surface area contributed by atoms with Gasteiger partial charge in [-0.15, -0.1) is 0 Å². The van der Waals surface area contributed by atoms with Gasteiger partial charge < -0.3 is 19.5 Å². The molecule has 0 aromatic rings. The van der Waals surface area contributed by atoms with Gasteiger partial charge in [0.1, 0.15) is 0 Å². The van der Waals surface area contributed by atoms with Gasteiger partial charge in [0.2, 0.25) is 0 Å². The summed E-state index contributed by atoms with van der Waals surface area (Å²) >= 11 is 0. The second-order valence-corrected chi connectivity index (χ2v) is 3.80. The van der Waals surface area contributed by atoms with Crippen LogP contribution in [-0.2, 0) is 14.2 Å². The molecule has 1 fully saturated rings. The van der Waals surface area contributed by atoms with Gasteiger partial charge in [-0.05, 0) is 25.8 Å². The highest BCUT2D eigenvalue weighted by molar-refractivity contribution is 4.67. The van der Waals surface area contributed by atoms with E-state index in [1.807, 2.05) is 0 Å². The molecule has 4 nitrogen and oxygen atoms in total. The Labute approximate surface area is 92.3 Å². The number of hydrogen-bond donors (Lipinski definition) is 1. The summed E-state index contributed by atoms with van der Waals surface area (Å²) in [7, 11) is 1.69. The minimum absolute atomic E-state index is 0.444. The van der Waals surface area contributed by atoms with E-state index < -0.39 is 0 Å². The molecule has 1 atom stereocenters. The van der Waals surface area contributed by atoms with Crippen LogP contribution >= 0.6 is 0 Å². The highest BCUT2D eigenvalue weighted by atomic mass is 16.5. The molecule has 0 spiro atoms. The molecule has 0 aromatic heterocycles. The fraction of sp³-hybridized carbons (Fsp3) is 1.00. The Balaban J connectivity index is 1.73. The van der Waals surface area contributed by atoms with Crippen LogP contribution in [0.2, 0.25) is 0 Å². The first-order valence-corrected chi connectivity index (χ1v) is 5.82. The predicted octanol–water partition coefficient (Wildman–Crippen LogP) is 0.808. The largest absolute Gasteiger partial charge is 0.382 e. The van der Waals surface area contributed by atoms with Gasteiger partial charge in [-0.2, -0.15) is 0 Å². The van der Waals surface area contributed by atoms with E-state index in [2.05, 4.69) is 5.32 Å². The lowest BCUT2D eigenvalue weighted by atomic mass is 10.2. The molecule has 1 unspecified atom stereocenters. The molecule has 4 heteroatoms. The summed E-state index contributed by atoms with van der Waals surface area (Å²) in [6.45, 7) is 5.12. The third kappa shape index (κ3) is 6.84. The van der Waals surface area contributed by atoms with Gasteiger partial charge in [-0.25, -0.2) is 0 Å². The quantitative estimate of drug-likeness (QED) is 0.580. The Morgan fingerprint density at radius 2 is 2.27 bits per heavy atom. The summed E-state index contributed by atoms with van der Waals surface area (Å²) < 4.78 is 15.7. The normalized spacial score (nSPS) is 21.0. The van der Waals surface area contributed by atoms with Crippen molar-refractivity contribution in [2.24, 2.45) is 0 Å². The van der Waals surface area contributed by atoms with Gasteiger partial charge in [0, 0.05) is 26.9 Å². The Hall–Kier alpha value is -0.160. The van der Waals surface area contributed by atoms with Gasteiger partial charge in [0.15, 0.2) is 0 Å². The molecule has 0 aliphatic carbocycles. The van der Waals surface area contributed by atoms with Crippen molar-refractivity contribution in [1.29, 1.82) is 0 Å². The van der Waals surface area contributed by atoms with Crippen LogP contribution in [0, 0.1) is 0 Å². The van der Waals surface area contributed by atoms with E-state index in [-0.39, 0.29) is 0 Å². The lowest BCUT2D eigenvalue weighted by Crippen LogP contribution is -2.27. The van der Waals surface area contributed by atoms with E-state index >= 15 is 0 Å². The van der Waals surface area contributed by atoms with E-state index in [0.29, 0.717) is 19.3 Å². The van der Waals surface area contributed by atoms with E-state index in [1.54, 1.807) is 7.11 Å². The fourth-order valence-corrected chi connectivity index (χ4v) is 1.61. The SMILES string of the molecule is COCCOCCCNCC1CCCO1. The van der Waals surface area contributed by atoms with Gasteiger partial charge in [-0.3, -0.25) is 0 Å². The van der Waals surface area contributed by atoms with Gasteiger partial charge in [0.05, 0.1) is 19.3 Å². The molecule has 1 saturated heterocycles. The molecule has 0 bridgehead atoms. The highest BCUT2D eigenvalue weighted by Gasteiger charge is 2.13. The number of ether oxygens (including phenoxy) is 3. The van der Waals surface area contributed by atoms with Crippen LogP contribution in [0.5, 0.6) is 0 Å². The first-order valence-electron chi connectivity index (χ1n) is 5.82.